The lowest BCUT2D eigenvalue weighted by Crippen LogP contribution is -2.37. The number of rotatable bonds is 4. The van der Waals surface area contributed by atoms with Crippen LogP contribution >= 0.6 is 15.9 Å². The van der Waals surface area contributed by atoms with Gasteiger partial charge in [0.05, 0.1) is 10.1 Å². The molecule has 0 radical (unpaired) electrons. The first-order valence-corrected chi connectivity index (χ1v) is 6.87. The van der Waals surface area contributed by atoms with Gasteiger partial charge in [0.15, 0.2) is 0 Å². The molecule has 0 saturated heterocycles. The molecule has 0 unspecified atom stereocenters. The molecule has 1 aromatic rings. The van der Waals surface area contributed by atoms with Gasteiger partial charge < -0.3 is 10.4 Å². The Morgan fingerprint density at radius 3 is 2.61 bits per heavy atom. The number of hydrogen-bond acceptors (Lipinski definition) is 2. The monoisotopic (exact) mass is 319 g/mol. The Hall–Kier alpha value is -0.520. The second kappa shape index (κ2) is 5.63. The Labute approximate surface area is 114 Å². The van der Waals surface area contributed by atoms with E-state index in [0.717, 1.165) is 25.7 Å². The Kier molecular flexibility index (Phi) is 4.35. The first-order valence-electron chi connectivity index (χ1n) is 6.07. The molecule has 1 aromatic carbocycles. The van der Waals surface area contributed by atoms with Crippen molar-refractivity contribution in [1.29, 1.82) is 0 Å². The van der Waals surface area contributed by atoms with E-state index in [-0.39, 0.29) is 16.6 Å². The van der Waals surface area contributed by atoms with Crippen LogP contribution in [0.1, 0.15) is 31.2 Å². The Morgan fingerprint density at radius 2 is 1.94 bits per heavy atom. The van der Waals surface area contributed by atoms with E-state index in [2.05, 4.69) is 21.2 Å². The lowest BCUT2D eigenvalue weighted by molar-refractivity contribution is 0.0473. The third-order valence-electron chi connectivity index (χ3n) is 3.43. The van der Waals surface area contributed by atoms with Crippen molar-refractivity contribution >= 4 is 15.9 Å². The third-order valence-corrected chi connectivity index (χ3v) is 4.04. The van der Waals surface area contributed by atoms with Crippen LogP contribution < -0.4 is 5.32 Å². The van der Waals surface area contributed by atoms with E-state index in [1.165, 1.54) is 12.1 Å². The minimum atomic E-state index is -0.709. The number of halogens is 3. The second-order valence-corrected chi connectivity index (χ2v) is 5.71. The first kappa shape index (κ1) is 13.9. The molecule has 2 N–H and O–H groups in total. The molecule has 1 fully saturated rings. The molecule has 0 amide bonds. The topological polar surface area (TPSA) is 32.3 Å². The fourth-order valence-corrected chi connectivity index (χ4v) is 2.73. The minimum Gasteiger partial charge on any atom is -0.389 e. The summed E-state index contributed by atoms with van der Waals surface area (Å²) in [5, 5.41) is 13.0. The predicted octanol–water partition coefficient (Wildman–Crippen LogP) is 3.12. The molecule has 2 nitrogen and oxygen atoms in total. The molecule has 0 bridgehead atoms. The molecule has 1 aliphatic carbocycles. The van der Waals surface area contributed by atoms with E-state index >= 15 is 0 Å². The van der Waals surface area contributed by atoms with Crippen molar-refractivity contribution in [3.05, 3.63) is 33.8 Å². The van der Waals surface area contributed by atoms with Crippen LogP contribution in [-0.2, 0) is 6.54 Å². The highest BCUT2D eigenvalue weighted by Gasteiger charge is 2.30. The van der Waals surface area contributed by atoms with Crippen LogP contribution in [-0.4, -0.2) is 17.3 Å². The Bertz CT molecular complexity index is 433. The summed E-state index contributed by atoms with van der Waals surface area (Å²) >= 11 is 3.03. The summed E-state index contributed by atoms with van der Waals surface area (Å²) in [6.07, 6.45) is 3.53. The standard InChI is InChI=1S/C13H16BrF2NO/c14-10-3-4-11(15)9(12(10)16)7-17-8-13(18)5-1-2-6-13/h3-4,17-18H,1-2,5-8H2. The maximum absolute atomic E-state index is 13.7. The van der Waals surface area contributed by atoms with Gasteiger partial charge in [-0.25, -0.2) is 8.78 Å². The molecule has 0 aliphatic heterocycles. The van der Waals surface area contributed by atoms with Gasteiger partial charge in [0.1, 0.15) is 11.6 Å². The summed E-state index contributed by atoms with van der Waals surface area (Å²) < 4.78 is 27.4. The fraction of sp³-hybridized carbons (Fsp3) is 0.538. The van der Waals surface area contributed by atoms with Crippen molar-refractivity contribution < 1.29 is 13.9 Å². The average Bonchev–Trinajstić information content (AvgIpc) is 2.76. The van der Waals surface area contributed by atoms with Crippen molar-refractivity contribution in [3.63, 3.8) is 0 Å². The number of benzene rings is 1. The van der Waals surface area contributed by atoms with Gasteiger partial charge in [0.2, 0.25) is 0 Å². The third kappa shape index (κ3) is 3.08. The maximum Gasteiger partial charge on any atom is 0.144 e. The van der Waals surface area contributed by atoms with Crippen LogP contribution in [0.5, 0.6) is 0 Å². The van der Waals surface area contributed by atoms with Crippen LogP contribution in [0.15, 0.2) is 16.6 Å². The van der Waals surface area contributed by atoms with E-state index in [1.54, 1.807) is 0 Å². The maximum atomic E-state index is 13.7. The van der Waals surface area contributed by atoms with Gasteiger partial charge in [-0.1, -0.05) is 12.8 Å². The second-order valence-electron chi connectivity index (χ2n) is 4.86. The van der Waals surface area contributed by atoms with E-state index in [1.807, 2.05) is 0 Å². The summed E-state index contributed by atoms with van der Waals surface area (Å²) in [5.41, 5.74) is -0.704. The van der Waals surface area contributed by atoms with Gasteiger partial charge in [-0.05, 0) is 40.9 Å². The molecule has 100 valence electrons. The number of aliphatic hydroxyl groups is 1. The van der Waals surface area contributed by atoms with Gasteiger partial charge in [0, 0.05) is 18.7 Å². The van der Waals surface area contributed by atoms with Crippen molar-refractivity contribution in [2.45, 2.75) is 37.8 Å². The molecule has 2 rings (SSSR count). The lowest BCUT2D eigenvalue weighted by atomic mass is 10.0. The van der Waals surface area contributed by atoms with Gasteiger partial charge in [-0.3, -0.25) is 0 Å². The molecule has 1 saturated carbocycles. The van der Waals surface area contributed by atoms with E-state index in [9.17, 15) is 13.9 Å². The van der Waals surface area contributed by atoms with E-state index in [4.69, 9.17) is 0 Å². The summed E-state index contributed by atoms with van der Waals surface area (Å²) in [6, 6.07) is 2.58. The molecule has 0 aromatic heterocycles. The molecule has 18 heavy (non-hydrogen) atoms. The molecular weight excluding hydrogens is 304 g/mol. The summed E-state index contributed by atoms with van der Waals surface area (Å²) in [6.45, 7) is 0.456. The number of hydrogen-bond donors (Lipinski definition) is 2. The quantitative estimate of drug-likeness (QED) is 0.836. The van der Waals surface area contributed by atoms with E-state index in [0.29, 0.717) is 6.54 Å². The molecule has 5 heteroatoms. The van der Waals surface area contributed by atoms with Crippen molar-refractivity contribution in [3.8, 4) is 0 Å². The van der Waals surface area contributed by atoms with Crippen molar-refractivity contribution in [2.24, 2.45) is 0 Å². The van der Waals surface area contributed by atoms with Crippen LogP contribution in [0.3, 0.4) is 0 Å². The zero-order valence-corrected chi connectivity index (χ0v) is 11.6. The molecular formula is C13H16BrF2NO. The van der Waals surface area contributed by atoms with Gasteiger partial charge >= 0.3 is 0 Å². The Morgan fingerprint density at radius 1 is 1.28 bits per heavy atom. The highest BCUT2D eigenvalue weighted by Crippen LogP contribution is 2.29. The molecule has 0 atom stereocenters. The van der Waals surface area contributed by atoms with E-state index < -0.39 is 17.2 Å². The number of nitrogens with one attached hydrogen (secondary N) is 1. The largest absolute Gasteiger partial charge is 0.389 e. The van der Waals surface area contributed by atoms with Crippen molar-refractivity contribution in [1.82, 2.24) is 5.32 Å². The molecule has 0 heterocycles. The summed E-state index contributed by atoms with van der Waals surface area (Å²) in [5.74, 6) is -1.15. The summed E-state index contributed by atoms with van der Waals surface area (Å²) in [4.78, 5) is 0. The SMILES string of the molecule is OC1(CNCc2c(F)ccc(Br)c2F)CCCC1. The molecule has 1 aliphatic rings. The smallest absolute Gasteiger partial charge is 0.144 e. The van der Waals surface area contributed by atoms with Crippen LogP contribution in [0, 0.1) is 11.6 Å². The van der Waals surface area contributed by atoms with Crippen LogP contribution in [0.4, 0.5) is 8.78 Å². The average molecular weight is 320 g/mol. The first-order chi connectivity index (χ1) is 8.52. The van der Waals surface area contributed by atoms with Crippen LogP contribution in [0.25, 0.3) is 0 Å². The summed E-state index contributed by atoms with van der Waals surface area (Å²) in [7, 11) is 0. The fourth-order valence-electron chi connectivity index (χ4n) is 2.36. The molecule has 0 spiro atoms. The predicted molar refractivity (Wildman–Crippen MR) is 69.2 cm³/mol. The normalized spacial score (nSPS) is 18.2. The van der Waals surface area contributed by atoms with Gasteiger partial charge in [-0.15, -0.1) is 0 Å². The highest BCUT2D eigenvalue weighted by atomic mass is 79.9. The zero-order valence-electron chi connectivity index (χ0n) is 9.98. The van der Waals surface area contributed by atoms with Gasteiger partial charge in [-0.2, -0.15) is 0 Å². The zero-order chi connectivity index (χ0) is 13.2. The Balaban J connectivity index is 1.96. The lowest BCUT2D eigenvalue weighted by Gasteiger charge is -2.22. The van der Waals surface area contributed by atoms with Crippen molar-refractivity contribution in [2.75, 3.05) is 6.54 Å². The highest BCUT2D eigenvalue weighted by molar-refractivity contribution is 9.10. The van der Waals surface area contributed by atoms with Gasteiger partial charge in [0.25, 0.3) is 0 Å². The van der Waals surface area contributed by atoms with Crippen LogP contribution in [0.2, 0.25) is 0 Å². The minimum absolute atomic E-state index is 0.00553.